The summed E-state index contributed by atoms with van der Waals surface area (Å²) >= 11 is 0. The second kappa shape index (κ2) is 4.09. The van der Waals surface area contributed by atoms with Crippen molar-refractivity contribution >= 4 is 5.69 Å². The fourth-order valence-electron chi connectivity index (χ4n) is 0.980. The molecule has 1 aromatic heterocycles. The first-order chi connectivity index (χ1) is 5.72. The molecule has 0 radical (unpaired) electrons. The van der Waals surface area contributed by atoms with E-state index in [4.69, 9.17) is 0 Å². The van der Waals surface area contributed by atoms with Crippen molar-refractivity contribution in [2.75, 3.05) is 12.0 Å². The van der Waals surface area contributed by atoms with Crippen LogP contribution in [-0.2, 0) is 6.54 Å². The second-order valence-corrected chi connectivity index (χ2v) is 2.98. The fraction of sp³-hybridized carbons (Fsp3) is 0.625. The number of rotatable bonds is 4. The highest BCUT2D eigenvalue weighted by Crippen LogP contribution is 2.05. The second-order valence-electron chi connectivity index (χ2n) is 2.98. The van der Waals surface area contributed by atoms with Gasteiger partial charge in [0.2, 0.25) is 0 Å². The molecule has 0 unspecified atom stereocenters. The number of hydrogen-bond donors (Lipinski definition) is 1. The normalized spacial score (nSPS) is 10.7. The van der Waals surface area contributed by atoms with Gasteiger partial charge in [0.25, 0.3) is 0 Å². The topological polar surface area (TPSA) is 29.9 Å². The smallest absolute Gasteiger partial charge is 0.109 e. The Labute approximate surface area is 71.6 Å². The largest absolute Gasteiger partial charge is 0.380 e. The minimum absolute atomic E-state index is 0.333. The Hall–Kier alpha value is -1.06. The third-order valence-electron chi connectivity index (χ3n) is 1.40. The predicted molar refractivity (Wildman–Crippen MR) is 47.0 cm³/mol. The third kappa shape index (κ3) is 2.53. The van der Waals surface area contributed by atoms with Crippen molar-refractivity contribution in [3.63, 3.8) is 0 Å². The maximum absolute atomic E-state index is 11.9. The number of nitrogens with zero attached hydrogens (tertiary/aromatic N) is 2. The van der Waals surface area contributed by atoms with Crippen LogP contribution in [0.2, 0.25) is 0 Å². The van der Waals surface area contributed by atoms with Crippen LogP contribution in [0.25, 0.3) is 0 Å². The molecule has 0 bridgehead atoms. The quantitative estimate of drug-likeness (QED) is 0.746. The molecular weight excluding hydrogens is 157 g/mol. The van der Waals surface area contributed by atoms with Gasteiger partial charge in [-0.2, -0.15) is 5.10 Å². The molecule has 0 aliphatic heterocycles. The van der Waals surface area contributed by atoms with Gasteiger partial charge in [-0.3, -0.25) is 4.68 Å². The zero-order chi connectivity index (χ0) is 8.97. The minimum atomic E-state index is -0.372. The zero-order valence-electron chi connectivity index (χ0n) is 7.42. The van der Waals surface area contributed by atoms with Crippen LogP contribution in [0, 0.1) is 0 Å². The van der Waals surface area contributed by atoms with Crippen molar-refractivity contribution in [3.8, 4) is 0 Å². The summed E-state index contributed by atoms with van der Waals surface area (Å²) in [7, 11) is 0. The molecule has 0 amide bonds. The molecule has 1 rings (SSSR count). The maximum Gasteiger partial charge on any atom is 0.109 e. The molecule has 4 heteroatoms. The van der Waals surface area contributed by atoms with Gasteiger partial charge in [0, 0.05) is 12.2 Å². The molecule has 0 spiro atoms. The first-order valence-corrected chi connectivity index (χ1v) is 4.07. The van der Waals surface area contributed by atoms with E-state index in [1.54, 1.807) is 17.1 Å². The first kappa shape index (κ1) is 9.03. The van der Waals surface area contributed by atoms with Crippen molar-refractivity contribution in [2.45, 2.75) is 26.4 Å². The average Bonchev–Trinajstić information content (AvgIpc) is 2.36. The lowest BCUT2D eigenvalue weighted by atomic mass is 10.4. The Morgan fingerprint density at radius 1 is 1.67 bits per heavy atom. The fourth-order valence-corrected chi connectivity index (χ4v) is 0.980. The summed E-state index contributed by atoms with van der Waals surface area (Å²) in [6.45, 7) is 4.06. The minimum Gasteiger partial charge on any atom is -0.380 e. The van der Waals surface area contributed by atoms with E-state index in [1.165, 1.54) is 0 Å². The summed E-state index contributed by atoms with van der Waals surface area (Å²) in [5.41, 5.74) is 0.943. The highest BCUT2D eigenvalue weighted by Gasteiger charge is 1.98. The van der Waals surface area contributed by atoms with Crippen LogP contribution in [0.5, 0.6) is 0 Å². The number of halogens is 1. The molecule has 0 saturated carbocycles. The number of nitrogens with one attached hydrogen (secondary N) is 1. The van der Waals surface area contributed by atoms with E-state index in [1.807, 2.05) is 13.8 Å². The van der Waals surface area contributed by atoms with Crippen LogP contribution in [0.4, 0.5) is 10.1 Å². The summed E-state index contributed by atoms with van der Waals surface area (Å²) in [6, 6.07) is 0.382. The van der Waals surface area contributed by atoms with Gasteiger partial charge in [0.15, 0.2) is 0 Å². The van der Waals surface area contributed by atoms with Crippen LogP contribution in [0.15, 0.2) is 12.4 Å². The Balaban J connectivity index is 2.52. The number of hydrogen-bond acceptors (Lipinski definition) is 2. The van der Waals surface area contributed by atoms with Gasteiger partial charge in [0.1, 0.15) is 6.67 Å². The molecule has 0 aliphatic carbocycles. The van der Waals surface area contributed by atoms with E-state index in [9.17, 15) is 4.39 Å². The van der Waals surface area contributed by atoms with Crippen molar-refractivity contribution in [3.05, 3.63) is 12.4 Å². The molecule has 0 fully saturated rings. The van der Waals surface area contributed by atoms with Crippen LogP contribution in [0.3, 0.4) is 0 Å². The van der Waals surface area contributed by atoms with Gasteiger partial charge < -0.3 is 5.32 Å². The van der Waals surface area contributed by atoms with Crippen LogP contribution < -0.4 is 5.32 Å². The highest BCUT2D eigenvalue weighted by atomic mass is 19.1. The molecular formula is C8H14FN3. The lowest BCUT2D eigenvalue weighted by molar-refractivity contribution is 0.427. The van der Waals surface area contributed by atoms with E-state index in [2.05, 4.69) is 10.4 Å². The van der Waals surface area contributed by atoms with Gasteiger partial charge in [-0.25, -0.2) is 4.39 Å². The summed E-state index contributed by atoms with van der Waals surface area (Å²) in [6.07, 6.45) is 3.51. The molecule has 0 saturated heterocycles. The zero-order valence-corrected chi connectivity index (χ0v) is 7.42. The predicted octanol–water partition coefficient (Wildman–Crippen LogP) is 1.67. The van der Waals surface area contributed by atoms with Gasteiger partial charge in [-0.15, -0.1) is 0 Å². The molecule has 12 heavy (non-hydrogen) atoms. The molecule has 3 nitrogen and oxygen atoms in total. The summed E-state index contributed by atoms with van der Waals surface area (Å²) in [5, 5.41) is 7.15. The van der Waals surface area contributed by atoms with Crippen molar-refractivity contribution in [1.29, 1.82) is 0 Å². The van der Waals surface area contributed by atoms with Gasteiger partial charge in [0.05, 0.1) is 18.4 Å². The van der Waals surface area contributed by atoms with Crippen LogP contribution in [0.1, 0.15) is 13.8 Å². The molecule has 68 valence electrons. The Morgan fingerprint density at radius 3 is 3.00 bits per heavy atom. The maximum atomic E-state index is 11.9. The third-order valence-corrected chi connectivity index (χ3v) is 1.40. The lowest BCUT2D eigenvalue weighted by Gasteiger charge is -2.05. The summed E-state index contributed by atoms with van der Waals surface area (Å²) < 4.78 is 13.5. The van der Waals surface area contributed by atoms with E-state index < -0.39 is 0 Å². The van der Waals surface area contributed by atoms with Gasteiger partial charge in [-0.1, -0.05) is 0 Å². The Kier molecular flexibility index (Phi) is 3.08. The lowest BCUT2D eigenvalue weighted by Crippen LogP contribution is -2.08. The van der Waals surface area contributed by atoms with Crippen LogP contribution in [-0.4, -0.2) is 22.5 Å². The highest BCUT2D eigenvalue weighted by molar-refractivity contribution is 5.38. The van der Waals surface area contributed by atoms with E-state index >= 15 is 0 Å². The van der Waals surface area contributed by atoms with Gasteiger partial charge in [-0.05, 0) is 13.8 Å². The number of anilines is 1. The molecule has 0 aliphatic rings. The number of alkyl halides is 1. The molecule has 1 heterocycles. The Morgan fingerprint density at radius 2 is 2.42 bits per heavy atom. The van der Waals surface area contributed by atoms with Crippen molar-refractivity contribution in [1.82, 2.24) is 9.78 Å². The first-order valence-electron chi connectivity index (χ1n) is 4.07. The Bertz CT molecular complexity index is 232. The van der Waals surface area contributed by atoms with Crippen LogP contribution >= 0.6 is 0 Å². The van der Waals surface area contributed by atoms with Crippen molar-refractivity contribution in [2.24, 2.45) is 0 Å². The van der Waals surface area contributed by atoms with E-state index in [-0.39, 0.29) is 6.67 Å². The number of aromatic nitrogens is 2. The molecule has 1 N–H and O–H groups in total. The SMILES string of the molecule is CC(C)Nc1cnn(CCF)c1. The summed E-state index contributed by atoms with van der Waals surface area (Å²) in [4.78, 5) is 0. The monoisotopic (exact) mass is 171 g/mol. The standard InChI is InChI=1S/C8H14FN3/c1-7(2)11-8-5-10-12(6-8)4-3-9/h5-7,11H,3-4H2,1-2H3. The van der Waals surface area contributed by atoms with Crippen molar-refractivity contribution < 1.29 is 4.39 Å². The molecule has 1 aromatic rings. The van der Waals surface area contributed by atoms with E-state index in [0.29, 0.717) is 12.6 Å². The molecule has 0 atom stereocenters. The van der Waals surface area contributed by atoms with E-state index in [0.717, 1.165) is 5.69 Å². The summed E-state index contributed by atoms with van der Waals surface area (Å²) in [5.74, 6) is 0. The van der Waals surface area contributed by atoms with Gasteiger partial charge >= 0.3 is 0 Å². The number of aryl methyl sites for hydroxylation is 1. The molecule has 0 aromatic carbocycles. The average molecular weight is 171 g/mol.